The minimum atomic E-state index is -0.710. The number of piperidine rings is 1. The molecule has 14 heavy (non-hydrogen) atoms. The van der Waals surface area contributed by atoms with E-state index in [-0.39, 0.29) is 0 Å². The Hall–Kier alpha value is -0.970. The van der Waals surface area contributed by atoms with Gasteiger partial charge in [0, 0.05) is 25.5 Å². The summed E-state index contributed by atoms with van der Waals surface area (Å²) in [6.45, 7) is 1.47. The number of nitrogens with two attached hydrogens (primary N) is 1. The highest BCUT2D eigenvalue weighted by molar-refractivity contribution is 5.19. The van der Waals surface area contributed by atoms with Crippen LogP contribution in [-0.2, 0) is 5.60 Å². The lowest BCUT2D eigenvalue weighted by Crippen LogP contribution is -2.45. The van der Waals surface area contributed by atoms with Crippen LogP contribution in [0.25, 0.3) is 0 Å². The van der Waals surface area contributed by atoms with Crippen LogP contribution in [0.2, 0.25) is 0 Å². The number of hydrazine groups is 1. The number of aromatic nitrogens is 1. The number of hydrogen-bond acceptors (Lipinski definition) is 4. The van der Waals surface area contributed by atoms with Gasteiger partial charge in [-0.25, -0.2) is 5.01 Å². The van der Waals surface area contributed by atoms with E-state index in [0.29, 0.717) is 12.8 Å². The monoisotopic (exact) mass is 193 g/mol. The van der Waals surface area contributed by atoms with Crippen LogP contribution in [0.5, 0.6) is 0 Å². The van der Waals surface area contributed by atoms with Crippen LogP contribution >= 0.6 is 0 Å². The second-order valence-electron chi connectivity index (χ2n) is 3.80. The first kappa shape index (κ1) is 9.58. The first-order valence-corrected chi connectivity index (χ1v) is 4.83. The van der Waals surface area contributed by atoms with E-state index < -0.39 is 5.60 Å². The van der Waals surface area contributed by atoms with Gasteiger partial charge in [-0.3, -0.25) is 10.8 Å². The van der Waals surface area contributed by atoms with E-state index in [9.17, 15) is 5.11 Å². The normalized spacial score (nSPS) is 22.1. The fraction of sp³-hybridized carbons (Fsp3) is 0.500. The van der Waals surface area contributed by atoms with Crippen LogP contribution in [0.4, 0.5) is 0 Å². The van der Waals surface area contributed by atoms with Gasteiger partial charge in [0.1, 0.15) is 0 Å². The number of hydrogen-bond donors (Lipinski definition) is 2. The molecule has 0 aliphatic carbocycles. The van der Waals surface area contributed by atoms with E-state index in [1.54, 1.807) is 17.4 Å². The number of pyridine rings is 1. The largest absolute Gasteiger partial charge is 0.385 e. The topological polar surface area (TPSA) is 62.4 Å². The third-order valence-corrected chi connectivity index (χ3v) is 2.84. The predicted molar refractivity (Wildman–Crippen MR) is 53.1 cm³/mol. The Morgan fingerprint density at radius 1 is 1.29 bits per heavy atom. The minimum absolute atomic E-state index is 0.688. The summed E-state index contributed by atoms with van der Waals surface area (Å²) in [5.74, 6) is 5.64. The lowest BCUT2D eigenvalue weighted by molar-refractivity contribution is -0.0262. The summed E-state index contributed by atoms with van der Waals surface area (Å²) in [5, 5.41) is 12.1. The fourth-order valence-corrected chi connectivity index (χ4v) is 1.84. The molecular formula is C10H15N3O. The molecule has 0 amide bonds. The summed E-state index contributed by atoms with van der Waals surface area (Å²) < 4.78 is 0. The molecule has 0 spiro atoms. The summed E-state index contributed by atoms with van der Waals surface area (Å²) in [4.78, 5) is 3.94. The standard InChI is InChI=1S/C10H15N3O/c11-13-7-3-10(14,4-8-13)9-1-5-12-6-2-9/h1-2,5-6,14H,3-4,7-8,11H2. The van der Waals surface area contributed by atoms with Crippen molar-refractivity contribution in [2.45, 2.75) is 18.4 Å². The van der Waals surface area contributed by atoms with Crippen molar-refractivity contribution in [3.63, 3.8) is 0 Å². The van der Waals surface area contributed by atoms with Gasteiger partial charge in [-0.2, -0.15) is 0 Å². The Morgan fingerprint density at radius 2 is 1.86 bits per heavy atom. The minimum Gasteiger partial charge on any atom is -0.385 e. The zero-order valence-corrected chi connectivity index (χ0v) is 8.06. The van der Waals surface area contributed by atoms with Crippen molar-refractivity contribution in [1.82, 2.24) is 9.99 Å². The highest BCUT2D eigenvalue weighted by Gasteiger charge is 2.32. The van der Waals surface area contributed by atoms with Gasteiger partial charge in [-0.15, -0.1) is 0 Å². The molecule has 1 fully saturated rings. The number of rotatable bonds is 1. The first-order chi connectivity index (χ1) is 6.71. The summed E-state index contributed by atoms with van der Waals surface area (Å²) in [6, 6.07) is 3.73. The van der Waals surface area contributed by atoms with Crippen LogP contribution in [0.1, 0.15) is 18.4 Å². The molecule has 2 rings (SSSR count). The van der Waals surface area contributed by atoms with Crippen LogP contribution in [0.3, 0.4) is 0 Å². The quantitative estimate of drug-likeness (QED) is 0.627. The van der Waals surface area contributed by atoms with Crippen LogP contribution in [-0.4, -0.2) is 28.2 Å². The maximum absolute atomic E-state index is 10.4. The summed E-state index contributed by atoms with van der Waals surface area (Å²) in [5.41, 5.74) is 0.235. The SMILES string of the molecule is NN1CCC(O)(c2ccncc2)CC1. The molecule has 1 aromatic rings. The molecule has 0 atom stereocenters. The van der Waals surface area contributed by atoms with Gasteiger partial charge in [-0.1, -0.05) is 0 Å². The molecule has 1 saturated heterocycles. The van der Waals surface area contributed by atoms with Gasteiger partial charge >= 0.3 is 0 Å². The predicted octanol–water partition coefficient (Wildman–Crippen LogP) is 0.239. The van der Waals surface area contributed by atoms with E-state index >= 15 is 0 Å². The van der Waals surface area contributed by atoms with Gasteiger partial charge in [0.15, 0.2) is 0 Å². The van der Waals surface area contributed by atoms with Gasteiger partial charge in [0.2, 0.25) is 0 Å². The summed E-state index contributed by atoms with van der Waals surface area (Å²) in [7, 11) is 0. The van der Waals surface area contributed by atoms with Crippen LogP contribution in [0, 0.1) is 0 Å². The van der Waals surface area contributed by atoms with Crippen molar-refractivity contribution < 1.29 is 5.11 Å². The highest BCUT2D eigenvalue weighted by Crippen LogP contribution is 2.31. The average Bonchev–Trinajstić information content (AvgIpc) is 2.24. The Morgan fingerprint density at radius 3 is 2.43 bits per heavy atom. The summed E-state index contributed by atoms with van der Waals surface area (Å²) >= 11 is 0. The lowest BCUT2D eigenvalue weighted by Gasteiger charge is -2.36. The molecule has 1 aliphatic rings. The fourth-order valence-electron chi connectivity index (χ4n) is 1.84. The maximum Gasteiger partial charge on any atom is 0.0923 e. The van der Waals surface area contributed by atoms with Gasteiger partial charge in [0.05, 0.1) is 5.60 Å². The van der Waals surface area contributed by atoms with E-state index in [2.05, 4.69) is 4.98 Å². The molecule has 0 unspecified atom stereocenters. The molecule has 0 radical (unpaired) electrons. The van der Waals surface area contributed by atoms with E-state index in [4.69, 9.17) is 5.84 Å². The van der Waals surface area contributed by atoms with Crippen molar-refractivity contribution in [2.75, 3.05) is 13.1 Å². The molecule has 3 N–H and O–H groups in total. The molecule has 0 saturated carbocycles. The summed E-state index contributed by atoms with van der Waals surface area (Å²) in [6.07, 6.45) is 4.80. The molecule has 4 heteroatoms. The Balaban J connectivity index is 2.17. The van der Waals surface area contributed by atoms with Crippen LogP contribution in [0.15, 0.2) is 24.5 Å². The van der Waals surface area contributed by atoms with Crippen LogP contribution < -0.4 is 5.84 Å². The first-order valence-electron chi connectivity index (χ1n) is 4.83. The smallest absolute Gasteiger partial charge is 0.0923 e. The Bertz CT molecular complexity index is 293. The molecular weight excluding hydrogens is 178 g/mol. The second kappa shape index (κ2) is 3.65. The van der Waals surface area contributed by atoms with Crippen molar-refractivity contribution >= 4 is 0 Å². The van der Waals surface area contributed by atoms with Gasteiger partial charge in [0.25, 0.3) is 0 Å². The zero-order chi connectivity index (χ0) is 10.0. The molecule has 2 heterocycles. The molecule has 1 aromatic heterocycles. The Labute approximate surface area is 83.3 Å². The van der Waals surface area contributed by atoms with Crippen molar-refractivity contribution in [3.05, 3.63) is 30.1 Å². The number of aliphatic hydroxyl groups is 1. The zero-order valence-electron chi connectivity index (χ0n) is 8.06. The third-order valence-electron chi connectivity index (χ3n) is 2.84. The Kier molecular flexibility index (Phi) is 2.50. The molecule has 0 bridgehead atoms. The lowest BCUT2D eigenvalue weighted by atomic mass is 9.85. The van der Waals surface area contributed by atoms with Crippen molar-refractivity contribution in [1.29, 1.82) is 0 Å². The molecule has 76 valence electrons. The van der Waals surface area contributed by atoms with E-state index in [0.717, 1.165) is 18.7 Å². The molecule has 1 aliphatic heterocycles. The van der Waals surface area contributed by atoms with Gasteiger partial charge < -0.3 is 5.11 Å². The van der Waals surface area contributed by atoms with Crippen molar-refractivity contribution in [3.8, 4) is 0 Å². The van der Waals surface area contributed by atoms with Gasteiger partial charge in [-0.05, 0) is 30.5 Å². The molecule has 4 nitrogen and oxygen atoms in total. The number of nitrogens with zero attached hydrogens (tertiary/aromatic N) is 2. The average molecular weight is 193 g/mol. The third kappa shape index (κ3) is 1.77. The second-order valence-corrected chi connectivity index (χ2v) is 3.80. The highest BCUT2D eigenvalue weighted by atomic mass is 16.3. The van der Waals surface area contributed by atoms with E-state index in [1.165, 1.54) is 0 Å². The van der Waals surface area contributed by atoms with E-state index in [1.807, 2.05) is 12.1 Å². The molecule has 0 aromatic carbocycles. The van der Waals surface area contributed by atoms with Crippen molar-refractivity contribution in [2.24, 2.45) is 5.84 Å². The maximum atomic E-state index is 10.4.